The number of nitrogens with one attached hydrogen (secondary N) is 1. The molecule has 0 aliphatic heterocycles. The van der Waals surface area contributed by atoms with Gasteiger partial charge in [-0.25, -0.2) is 4.98 Å². The molecule has 0 radical (unpaired) electrons. The van der Waals surface area contributed by atoms with Gasteiger partial charge in [-0.3, -0.25) is 4.79 Å². The molecular formula is C4H6N4O. The lowest BCUT2D eigenvalue weighted by atomic mass is 10.5. The Morgan fingerprint density at radius 1 is 1.56 bits per heavy atom. The Balaban J connectivity index is 3.43. The first kappa shape index (κ1) is 5.61. The molecule has 0 aliphatic rings. The van der Waals surface area contributed by atoms with Gasteiger partial charge in [-0.05, 0) is 0 Å². The molecule has 1 rings (SSSR count). The summed E-state index contributed by atoms with van der Waals surface area (Å²) in [5.41, 5.74) is 9.88. The van der Waals surface area contributed by atoms with E-state index in [1.54, 1.807) is 0 Å². The van der Waals surface area contributed by atoms with E-state index in [9.17, 15) is 4.79 Å². The van der Waals surface area contributed by atoms with E-state index in [1.807, 2.05) is 0 Å². The lowest BCUT2D eigenvalue weighted by molar-refractivity contribution is 1.13. The number of rotatable bonds is 0. The van der Waals surface area contributed by atoms with Crippen LogP contribution in [0.2, 0.25) is 0 Å². The number of nitrogens with zero attached hydrogens (tertiary/aromatic N) is 1. The normalized spacial score (nSPS) is 9.33. The second kappa shape index (κ2) is 1.77. The third-order valence-corrected chi connectivity index (χ3v) is 0.920. The zero-order chi connectivity index (χ0) is 6.85. The molecule has 1 heterocycles. The first-order valence-electron chi connectivity index (χ1n) is 2.30. The molecule has 0 aliphatic carbocycles. The predicted octanol–water partition coefficient (Wildman–Crippen LogP) is -1.07. The molecule has 1 aromatic heterocycles. The molecule has 0 unspecified atom stereocenters. The summed E-state index contributed by atoms with van der Waals surface area (Å²) in [6.07, 6.45) is 1.20. The molecule has 0 aromatic carbocycles. The Morgan fingerprint density at radius 2 is 2.22 bits per heavy atom. The summed E-state index contributed by atoms with van der Waals surface area (Å²) in [6, 6.07) is 0. The van der Waals surface area contributed by atoms with Gasteiger partial charge < -0.3 is 16.5 Å². The highest BCUT2D eigenvalue weighted by Crippen LogP contribution is 1.98. The summed E-state index contributed by atoms with van der Waals surface area (Å²) < 4.78 is 0. The fraction of sp³-hybridized carbons (Fsp3) is 0. The number of nitrogen functional groups attached to an aromatic ring is 2. The topological polar surface area (TPSA) is 97.8 Å². The van der Waals surface area contributed by atoms with Crippen LogP contribution in [0, 0.1) is 0 Å². The third kappa shape index (κ3) is 0.835. The van der Waals surface area contributed by atoms with Crippen LogP contribution in [0.1, 0.15) is 0 Å². The molecule has 0 bridgehead atoms. The van der Waals surface area contributed by atoms with Gasteiger partial charge in [-0.1, -0.05) is 0 Å². The molecular weight excluding hydrogens is 121 g/mol. The van der Waals surface area contributed by atoms with Crippen LogP contribution in [0.4, 0.5) is 11.5 Å². The monoisotopic (exact) mass is 127 g/mol. The Hall–Kier alpha value is -1.52. The largest absolute Gasteiger partial charge is 0.391 e. The van der Waals surface area contributed by atoms with Crippen LogP contribution in [0.3, 0.4) is 0 Å². The van der Waals surface area contributed by atoms with Gasteiger partial charge in [0.25, 0.3) is 5.56 Å². The molecule has 9 heavy (non-hydrogen) atoms. The van der Waals surface area contributed by atoms with Crippen LogP contribution >= 0.6 is 0 Å². The second-order valence-electron chi connectivity index (χ2n) is 1.53. The number of anilines is 2. The van der Waals surface area contributed by atoms with E-state index in [0.29, 0.717) is 0 Å². The van der Waals surface area contributed by atoms with E-state index in [2.05, 4.69) is 9.97 Å². The number of aromatic amines is 1. The number of aromatic nitrogens is 2. The van der Waals surface area contributed by atoms with Crippen LogP contribution < -0.4 is 17.0 Å². The highest BCUT2D eigenvalue weighted by atomic mass is 16.1. The summed E-state index contributed by atoms with van der Waals surface area (Å²) in [7, 11) is 0. The van der Waals surface area contributed by atoms with Crippen molar-refractivity contribution in [2.75, 3.05) is 11.5 Å². The highest BCUT2D eigenvalue weighted by Gasteiger charge is 1.96. The van der Waals surface area contributed by atoms with Gasteiger partial charge >= 0.3 is 0 Å². The maximum atomic E-state index is 10.5. The van der Waals surface area contributed by atoms with Gasteiger partial charge in [0.1, 0.15) is 5.69 Å². The van der Waals surface area contributed by atoms with E-state index in [4.69, 9.17) is 11.5 Å². The zero-order valence-electron chi connectivity index (χ0n) is 4.59. The van der Waals surface area contributed by atoms with Gasteiger partial charge in [-0.2, -0.15) is 0 Å². The van der Waals surface area contributed by atoms with Crippen LogP contribution in [-0.2, 0) is 0 Å². The average molecular weight is 127 g/mol. The summed E-state index contributed by atoms with van der Waals surface area (Å²) in [5.74, 6) is 0.0683. The van der Waals surface area contributed by atoms with E-state index < -0.39 is 5.56 Å². The maximum absolute atomic E-state index is 10.5. The predicted molar refractivity (Wildman–Crippen MR) is 33.7 cm³/mol. The molecule has 5 N–H and O–H groups in total. The average Bonchev–Trinajstić information content (AvgIpc) is 1.83. The minimum atomic E-state index is -0.400. The first-order chi connectivity index (χ1) is 4.22. The van der Waals surface area contributed by atoms with Crippen LogP contribution in [0.5, 0.6) is 0 Å². The van der Waals surface area contributed by atoms with Gasteiger partial charge in [-0.15, -0.1) is 0 Å². The fourth-order valence-electron chi connectivity index (χ4n) is 0.424. The molecule has 0 saturated carbocycles. The van der Waals surface area contributed by atoms with E-state index in [1.165, 1.54) is 6.33 Å². The number of hydrogen-bond acceptors (Lipinski definition) is 4. The van der Waals surface area contributed by atoms with Crippen molar-refractivity contribution < 1.29 is 0 Å². The molecule has 0 amide bonds. The van der Waals surface area contributed by atoms with Crippen molar-refractivity contribution in [3.8, 4) is 0 Å². The standard InChI is InChI=1S/C4H6N4O/c5-2-3(6)7-1-8-4(2)9/h1H,5H2,(H3,6,7,8,9)/i5+1. The minimum absolute atomic E-state index is 0.0301. The third-order valence-electron chi connectivity index (χ3n) is 0.920. The van der Waals surface area contributed by atoms with Crippen molar-refractivity contribution in [3.05, 3.63) is 16.7 Å². The highest BCUT2D eigenvalue weighted by molar-refractivity contribution is 5.55. The van der Waals surface area contributed by atoms with Gasteiger partial charge in [0.05, 0.1) is 6.33 Å². The lowest BCUT2D eigenvalue weighted by Crippen LogP contribution is -2.14. The molecule has 0 spiro atoms. The molecule has 1 aromatic rings. The summed E-state index contributed by atoms with van der Waals surface area (Å²) in [5, 5.41) is 0. The lowest BCUT2D eigenvalue weighted by Gasteiger charge is -1.92. The van der Waals surface area contributed by atoms with Gasteiger partial charge in [0.15, 0.2) is 5.82 Å². The van der Waals surface area contributed by atoms with Gasteiger partial charge in [0.2, 0.25) is 0 Å². The smallest absolute Gasteiger partial charge is 0.276 e. The molecule has 0 atom stereocenters. The Kier molecular flexibility index (Phi) is 1.11. The van der Waals surface area contributed by atoms with E-state index in [0.717, 1.165) is 0 Å². The van der Waals surface area contributed by atoms with Crippen molar-refractivity contribution in [1.82, 2.24) is 9.97 Å². The summed E-state index contributed by atoms with van der Waals surface area (Å²) in [6.45, 7) is 0. The SMILES string of the molecule is Nc1nc[nH]c(=O)c1[15NH2]. The first-order valence-corrected chi connectivity index (χ1v) is 2.30. The van der Waals surface area contributed by atoms with Crippen molar-refractivity contribution in [1.29, 1.82) is 0 Å². The van der Waals surface area contributed by atoms with Crippen LogP contribution in [0.15, 0.2) is 11.1 Å². The zero-order valence-corrected chi connectivity index (χ0v) is 4.59. The van der Waals surface area contributed by atoms with Crippen molar-refractivity contribution in [3.63, 3.8) is 0 Å². The Morgan fingerprint density at radius 3 is 2.67 bits per heavy atom. The van der Waals surface area contributed by atoms with E-state index >= 15 is 0 Å². The second-order valence-corrected chi connectivity index (χ2v) is 1.53. The Labute approximate surface area is 50.7 Å². The van der Waals surface area contributed by atoms with Crippen LogP contribution in [0.25, 0.3) is 0 Å². The minimum Gasteiger partial charge on any atom is -0.391 e. The van der Waals surface area contributed by atoms with Crippen molar-refractivity contribution >= 4 is 11.5 Å². The van der Waals surface area contributed by atoms with Crippen LogP contribution in [-0.4, -0.2) is 9.97 Å². The number of nitrogens with two attached hydrogens (primary N) is 2. The quantitative estimate of drug-likeness (QED) is 0.386. The number of hydrogen-bond donors (Lipinski definition) is 3. The summed E-state index contributed by atoms with van der Waals surface area (Å²) >= 11 is 0. The molecule has 0 saturated heterocycles. The number of H-pyrrole nitrogens is 1. The summed E-state index contributed by atoms with van der Waals surface area (Å²) in [4.78, 5) is 16.3. The maximum Gasteiger partial charge on any atom is 0.276 e. The van der Waals surface area contributed by atoms with Crippen molar-refractivity contribution in [2.45, 2.75) is 0 Å². The van der Waals surface area contributed by atoms with E-state index in [-0.39, 0.29) is 11.5 Å². The van der Waals surface area contributed by atoms with Crippen molar-refractivity contribution in [2.24, 2.45) is 0 Å². The molecule has 5 nitrogen and oxygen atoms in total. The molecule has 5 heteroatoms. The Bertz CT molecular complexity index is 266. The molecule has 0 fully saturated rings. The fourth-order valence-corrected chi connectivity index (χ4v) is 0.424. The van der Waals surface area contributed by atoms with Gasteiger partial charge in [0, 0.05) is 0 Å². The molecule has 48 valence electrons.